The summed E-state index contributed by atoms with van der Waals surface area (Å²) in [7, 11) is 1.65. The first-order valence-corrected chi connectivity index (χ1v) is 7.94. The average Bonchev–Trinajstić information content (AvgIpc) is 3.02. The van der Waals surface area contributed by atoms with Gasteiger partial charge in [-0.15, -0.1) is 6.58 Å². The Hall–Kier alpha value is -2.76. The fraction of sp³-hybridized carbons (Fsp3) is 0.333. The van der Waals surface area contributed by atoms with E-state index in [0.717, 1.165) is 17.1 Å². The highest BCUT2D eigenvalue weighted by atomic mass is 16.5. The van der Waals surface area contributed by atoms with Crippen LogP contribution in [0.2, 0.25) is 0 Å². The van der Waals surface area contributed by atoms with Crippen molar-refractivity contribution in [1.29, 1.82) is 0 Å². The highest BCUT2D eigenvalue weighted by Crippen LogP contribution is 2.13. The summed E-state index contributed by atoms with van der Waals surface area (Å²) in [6.45, 7) is 7.80. The normalized spacial score (nSPS) is 10.2. The summed E-state index contributed by atoms with van der Waals surface area (Å²) in [5.41, 5.74) is 1.14. The van der Waals surface area contributed by atoms with Crippen LogP contribution in [-0.2, 0) is 13.1 Å². The van der Waals surface area contributed by atoms with Crippen LogP contribution in [0.3, 0.4) is 0 Å². The van der Waals surface area contributed by atoms with Gasteiger partial charge in [0.2, 0.25) is 0 Å². The van der Waals surface area contributed by atoms with Crippen LogP contribution in [0.4, 0.5) is 4.79 Å². The zero-order valence-electron chi connectivity index (χ0n) is 14.2. The molecule has 0 aliphatic rings. The van der Waals surface area contributed by atoms with Gasteiger partial charge < -0.3 is 19.5 Å². The summed E-state index contributed by atoms with van der Waals surface area (Å²) in [6.07, 6.45) is 5.39. The maximum atomic E-state index is 12.1. The number of benzene rings is 1. The summed E-state index contributed by atoms with van der Waals surface area (Å²) in [4.78, 5) is 18.2. The molecule has 6 heteroatoms. The van der Waals surface area contributed by atoms with E-state index in [-0.39, 0.29) is 6.03 Å². The molecule has 24 heavy (non-hydrogen) atoms. The Morgan fingerprint density at radius 1 is 1.42 bits per heavy atom. The van der Waals surface area contributed by atoms with Crippen molar-refractivity contribution in [3.05, 3.63) is 60.7 Å². The molecule has 1 N–H and O–H groups in total. The van der Waals surface area contributed by atoms with Gasteiger partial charge in [0.05, 0.1) is 13.7 Å². The lowest BCUT2D eigenvalue weighted by Crippen LogP contribution is -2.40. The van der Waals surface area contributed by atoms with E-state index in [4.69, 9.17) is 4.74 Å². The molecule has 0 aliphatic heterocycles. The largest absolute Gasteiger partial charge is 0.497 e. The molecule has 1 aromatic carbocycles. The third-order valence-electron chi connectivity index (χ3n) is 3.61. The monoisotopic (exact) mass is 328 g/mol. The van der Waals surface area contributed by atoms with Crippen molar-refractivity contribution in [2.24, 2.45) is 0 Å². The minimum Gasteiger partial charge on any atom is -0.497 e. The number of hydrogen-bond acceptors (Lipinski definition) is 3. The SMILES string of the molecule is C=CCN(Cc1nccn1Cc1ccc(OC)cc1)C(=O)NCC. The van der Waals surface area contributed by atoms with Gasteiger partial charge in [-0.25, -0.2) is 9.78 Å². The number of carbonyl (C=O) groups is 1. The van der Waals surface area contributed by atoms with Crippen LogP contribution >= 0.6 is 0 Å². The van der Waals surface area contributed by atoms with Crippen molar-refractivity contribution in [3.63, 3.8) is 0 Å². The second-order valence-electron chi connectivity index (χ2n) is 5.32. The van der Waals surface area contributed by atoms with E-state index in [2.05, 4.69) is 16.9 Å². The minimum absolute atomic E-state index is 0.114. The van der Waals surface area contributed by atoms with E-state index in [0.29, 0.717) is 26.2 Å². The number of imidazole rings is 1. The Bertz CT molecular complexity index is 664. The smallest absolute Gasteiger partial charge is 0.318 e. The summed E-state index contributed by atoms with van der Waals surface area (Å²) in [6, 6.07) is 7.80. The summed E-state index contributed by atoms with van der Waals surface area (Å²) < 4.78 is 7.22. The second kappa shape index (κ2) is 8.76. The fourth-order valence-electron chi connectivity index (χ4n) is 2.37. The number of nitrogens with zero attached hydrogens (tertiary/aromatic N) is 3. The highest BCUT2D eigenvalue weighted by Gasteiger charge is 2.14. The van der Waals surface area contributed by atoms with Crippen LogP contribution in [0.5, 0.6) is 5.75 Å². The lowest BCUT2D eigenvalue weighted by atomic mass is 10.2. The average molecular weight is 328 g/mol. The molecule has 2 amide bonds. The van der Waals surface area contributed by atoms with E-state index in [1.54, 1.807) is 24.3 Å². The molecule has 0 spiro atoms. The topological polar surface area (TPSA) is 59.4 Å². The third kappa shape index (κ3) is 4.62. The van der Waals surface area contributed by atoms with Crippen LogP contribution < -0.4 is 10.1 Å². The predicted molar refractivity (Wildman–Crippen MR) is 94.0 cm³/mol. The lowest BCUT2D eigenvalue weighted by Gasteiger charge is -2.21. The van der Waals surface area contributed by atoms with Gasteiger partial charge in [0.25, 0.3) is 0 Å². The molecular weight excluding hydrogens is 304 g/mol. The van der Waals surface area contributed by atoms with E-state index in [1.165, 1.54) is 0 Å². The number of aromatic nitrogens is 2. The molecule has 0 radical (unpaired) electrons. The van der Waals surface area contributed by atoms with Crippen LogP contribution in [0.15, 0.2) is 49.3 Å². The molecule has 0 saturated carbocycles. The maximum Gasteiger partial charge on any atom is 0.318 e. The number of carbonyl (C=O) groups excluding carboxylic acids is 1. The molecule has 2 rings (SSSR count). The summed E-state index contributed by atoms with van der Waals surface area (Å²) in [5.74, 6) is 1.66. The molecule has 6 nitrogen and oxygen atoms in total. The van der Waals surface area contributed by atoms with Gasteiger partial charge in [-0.1, -0.05) is 18.2 Å². The molecular formula is C18H24N4O2. The van der Waals surface area contributed by atoms with E-state index in [1.807, 2.05) is 42.0 Å². The molecule has 1 heterocycles. The first-order chi connectivity index (χ1) is 11.7. The first-order valence-electron chi connectivity index (χ1n) is 7.94. The Morgan fingerprint density at radius 2 is 2.17 bits per heavy atom. The van der Waals surface area contributed by atoms with E-state index in [9.17, 15) is 4.79 Å². The van der Waals surface area contributed by atoms with Gasteiger partial charge in [-0.3, -0.25) is 0 Å². The molecule has 2 aromatic rings. The number of ether oxygens (including phenoxy) is 1. The van der Waals surface area contributed by atoms with Crippen LogP contribution in [0.25, 0.3) is 0 Å². The van der Waals surface area contributed by atoms with Crippen molar-refractivity contribution in [1.82, 2.24) is 19.8 Å². The molecule has 0 unspecified atom stereocenters. The number of urea groups is 1. The summed E-state index contributed by atoms with van der Waals surface area (Å²) in [5, 5.41) is 2.81. The Labute approximate surface area is 142 Å². The van der Waals surface area contributed by atoms with Crippen molar-refractivity contribution in [2.45, 2.75) is 20.0 Å². The Morgan fingerprint density at radius 3 is 2.79 bits per heavy atom. The van der Waals surface area contributed by atoms with Crippen molar-refractivity contribution in [3.8, 4) is 5.75 Å². The van der Waals surface area contributed by atoms with Crippen molar-refractivity contribution >= 4 is 6.03 Å². The van der Waals surface area contributed by atoms with Gasteiger partial charge in [-0.2, -0.15) is 0 Å². The Kier molecular flexibility index (Phi) is 6.42. The third-order valence-corrected chi connectivity index (χ3v) is 3.61. The number of amides is 2. The van der Waals surface area contributed by atoms with E-state index < -0.39 is 0 Å². The molecule has 0 aliphatic carbocycles. The quantitative estimate of drug-likeness (QED) is 0.758. The fourth-order valence-corrected chi connectivity index (χ4v) is 2.37. The summed E-state index contributed by atoms with van der Waals surface area (Å²) >= 11 is 0. The molecule has 0 saturated heterocycles. The Balaban J connectivity index is 2.10. The molecule has 0 fully saturated rings. The zero-order valence-corrected chi connectivity index (χ0v) is 14.2. The van der Waals surface area contributed by atoms with Crippen LogP contribution in [0.1, 0.15) is 18.3 Å². The van der Waals surface area contributed by atoms with E-state index >= 15 is 0 Å². The molecule has 0 atom stereocenters. The van der Waals surface area contributed by atoms with Gasteiger partial charge in [0, 0.05) is 32.0 Å². The first kappa shape index (κ1) is 17.6. The standard InChI is InChI=1S/C18H24N4O2/c1-4-11-22(18(23)19-5-2)14-17-20-10-12-21(17)13-15-6-8-16(24-3)9-7-15/h4,6-10,12H,1,5,11,13-14H2,2-3H3,(H,19,23). The van der Waals surface area contributed by atoms with Gasteiger partial charge >= 0.3 is 6.03 Å². The maximum absolute atomic E-state index is 12.1. The number of methoxy groups -OCH3 is 1. The lowest BCUT2D eigenvalue weighted by molar-refractivity contribution is 0.199. The van der Waals surface area contributed by atoms with Gasteiger partial charge in [0.1, 0.15) is 11.6 Å². The second-order valence-corrected chi connectivity index (χ2v) is 5.32. The predicted octanol–water partition coefficient (Wildman–Crippen LogP) is 2.66. The number of hydrogen-bond donors (Lipinski definition) is 1. The van der Waals surface area contributed by atoms with Gasteiger partial charge in [-0.05, 0) is 24.6 Å². The molecule has 128 valence electrons. The molecule has 1 aromatic heterocycles. The van der Waals surface area contributed by atoms with Crippen molar-refractivity contribution in [2.75, 3.05) is 20.2 Å². The number of nitrogens with one attached hydrogen (secondary N) is 1. The van der Waals surface area contributed by atoms with Crippen LogP contribution in [0, 0.1) is 0 Å². The van der Waals surface area contributed by atoms with Crippen molar-refractivity contribution < 1.29 is 9.53 Å². The zero-order chi connectivity index (χ0) is 17.4. The van der Waals surface area contributed by atoms with Gasteiger partial charge in [0.15, 0.2) is 0 Å². The van der Waals surface area contributed by atoms with Crippen LogP contribution in [-0.4, -0.2) is 40.7 Å². The highest BCUT2D eigenvalue weighted by molar-refractivity contribution is 5.74. The minimum atomic E-state index is -0.114. The number of rotatable bonds is 8. The molecule has 0 bridgehead atoms.